The highest BCUT2D eigenvalue weighted by molar-refractivity contribution is 7.90. The molecule has 0 unspecified atom stereocenters. The average Bonchev–Trinajstić information content (AvgIpc) is 3.52. The van der Waals surface area contributed by atoms with Gasteiger partial charge in [0, 0.05) is 29.0 Å². The molecule has 276 valence electrons. The van der Waals surface area contributed by atoms with Crippen LogP contribution in [0.1, 0.15) is 41.2 Å². The maximum absolute atomic E-state index is 13.9. The van der Waals surface area contributed by atoms with E-state index in [2.05, 4.69) is 14.7 Å². The number of ether oxygens (including phenoxy) is 3. The number of benzene rings is 3. The maximum atomic E-state index is 13.9. The van der Waals surface area contributed by atoms with Gasteiger partial charge in [-0.05, 0) is 55.3 Å². The van der Waals surface area contributed by atoms with Gasteiger partial charge in [-0.3, -0.25) is 24.6 Å². The van der Waals surface area contributed by atoms with Crippen molar-refractivity contribution in [3.63, 3.8) is 0 Å². The van der Waals surface area contributed by atoms with E-state index in [1.54, 1.807) is 67.6 Å². The number of nitrogens with zero attached hydrogens (tertiary/aromatic N) is 4. The van der Waals surface area contributed by atoms with Crippen LogP contribution in [-0.4, -0.2) is 54.3 Å². The van der Waals surface area contributed by atoms with Crippen molar-refractivity contribution in [3.05, 3.63) is 127 Å². The molecule has 0 amide bonds. The number of aromatic nitrogens is 2. The van der Waals surface area contributed by atoms with E-state index < -0.39 is 44.6 Å². The van der Waals surface area contributed by atoms with Crippen molar-refractivity contribution in [2.45, 2.75) is 50.3 Å². The third-order valence-corrected chi connectivity index (χ3v) is 10.9. The number of methoxy groups -OCH3 is 1. The van der Waals surface area contributed by atoms with Crippen molar-refractivity contribution in [2.75, 3.05) is 13.7 Å². The summed E-state index contributed by atoms with van der Waals surface area (Å²) in [4.78, 5) is 61.3. The number of fused-ring (bicyclic) bond motifs is 5. The largest absolute Gasteiger partial charge is 0.497 e. The van der Waals surface area contributed by atoms with Crippen molar-refractivity contribution >= 4 is 44.4 Å². The number of nitrogens with one attached hydrogen (secondary N) is 1. The van der Waals surface area contributed by atoms with Crippen LogP contribution in [0.3, 0.4) is 0 Å². The van der Waals surface area contributed by atoms with Gasteiger partial charge in [0.15, 0.2) is 0 Å². The Morgan fingerprint density at radius 1 is 1.09 bits per heavy atom. The first kappa shape index (κ1) is 36.0. The van der Waals surface area contributed by atoms with E-state index in [9.17, 15) is 32.9 Å². The lowest BCUT2D eigenvalue weighted by molar-refractivity contribution is -0.383. The number of amidine groups is 1. The first-order chi connectivity index (χ1) is 25.8. The fourth-order valence-corrected chi connectivity index (χ4v) is 7.73. The molecule has 54 heavy (non-hydrogen) atoms. The molecule has 3 aromatic carbocycles. The molecule has 0 bridgehead atoms. The zero-order valence-corrected chi connectivity index (χ0v) is 30.1. The monoisotopic (exact) mass is 751 g/mol. The Morgan fingerprint density at radius 2 is 1.83 bits per heavy atom. The van der Waals surface area contributed by atoms with Gasteiger partial charge in [-0.2, -0.15) is 0 Å². The zero-order chi connectivity index (χ0) is 38.4. The number of non-ortho nitro benzene ring substituents is 1. The third-order valence-electron chi connectivity index (χ3n) is 9.48. The lowest BCUT2D eigenvalue weighted by Gasteiger charge is -2.35. The summed E-state index contributed by atoms with van der Waals surface area (Å²) < 4.78 is 47.2. The first-order valence-electron chi connectivity index (χ1n) is 16.8. The second kappa shape index (κ2) is 13.9. The Bertz CT molecular complexity index is 2570. The number of rotatable bonds is 10. The molecule has 0 aliphatic carbocycles. The Morgan fingerprint density at radius 3 is 2.52 bits per heavy atom. The van der Waals surface area contributed by atoms with Crippen molar-refractivity contribution in [1.82, 2.24) is 14.3 Å². The van der Waals surface area contributed by atoms with Crippen LogP contribution in [0.15, 0.2) is 93.5 Å². The molecule has 4 heterocycles. The third kappa shape index (κ3) is 6.44. The minimum atomic E-state index is -4.12. The van der Waals surface area contributed by atoms with Gasteiger partial charge in [-0.25, -0.2) is 23.0 Å². The van der Waals surface area contributed by atoms with E-state index in [1.165, 1.54) is 29.9 Å². The van der Waals surface area contributed by atoms with E-state index in [4.69, 9.17) is 14.2 Å². The van der Waals surface area contributed by atoms with E-state index in [1.807, 2.05) is 6.92 Å². The topological polar surface area (TPSA) is 198 Å². The molecule has 7 rings (SSSR count). The van der Waals surface area contributed by atoms with Crippen LogP contribution in [-0.2, 0) is 54.3 Å². The van der Waals surface area contributed by atoms with Crippen LogP contribution in [0.5, 0.6) is 5.75 Å². The molecule has 0 radical (unpaired) electrons. The van der Waals surface area contributed by atoms with Crippen molar-refractivity contribution in [2.24, 2.45) is 4.99 Å². The number of aryl methyl sites for hydroxylation is 1. The molecule has 5 aromatic rings. The maximum Gasteiger partial charge on any atom is 0.355 e. The molecule has 2 aliphatic heterocycles. The van der Waals surface area contributed by atoms with E-state index in [0.717, 1.165) is 5.56 Å². The molecule has 16 heteroatoms. The number of nitro benzene ring substituents is 1. The van der Waals surface area contributed by atoms with Gasteiger partial charge >= 0.3 is 11.9 Å². The lowest BCUT2D eigenvalue weighted by atomic mass is 9.85. The highest BCUT2D eigenvalue weighted by Gasteiger charge is 2.50. The SMILES string of the molecule is CC[C@@]1(OC(=O)CN=C(Cc2ccc(OC)cc2)NS(=O)(=O)c2ccc(C)cc2)C(=O)OCc2c1cc1n(c2=O)Cc2cc3cccc([N+](=O)[O-])c3nc2-1. The van der Waals surface area contributed by atoms with Gasteiger partial charge in [0.25, 0.3) is 21.3 Å². The second-order valence-electron chi connectivity index (χ2n) is 12.9. The summed E-state index contributed by atoms with van der Waals surface area (Å²) in [6, 6.07) is 20.9. The number of nitro groups is 1. The summed E-state index contributed by atoms with van der Waals surface area (Å²) in [5.74, 6) is -1.39. The number of sulfonamides is 1. The predicted molar refractivity (Wildman–Crippen MR) is 196 cm³/mol. The molecule has 1 N–H and O–H groups in total. The standard InChI is InChI=1S/C38H33N5O10S/c1-4-38(53-33(44)19-39-32(16-23-10-12-26(51-3)13-11-23)41-54(49,50)27-14-8-22(2)9-15-27)29-18-31-35-25(20-42(31)36(45)28(29)21-52-37(38)46)17-24-6-5-7-30(43(47)48)34(24)40-35/h5-15,17-18H,4,16,19-21H2,1-3H3,(H,39,41)/t38-/m0/s1. The Kier molecular flexibility index (Phi) is 9.23. The Labute approximate surface area is 308 Å². The molecule has 15 nitrogen and oxygen atoms in total. The van der Waals surface area contributed by atoms with Gasteiger partial charge in [-0.15, -0.1) is 0 Å². The number of para-hydroxylation sites is 1. The highest BCUT2D eigenvalue weighted by atomic mass is 32.2. The lowest BCUT2D eigenvalue weighted by Crippen LogP contribution is -2.48. The van der Waals surface area contributed by atoms with Crippen LogP contribution < -0.4 is 15.0 Å². The molecule has 0 fully saturated rings. The minimum absolute atomic E-state index is 0.0120. The zero-order valence-electron chi connectivity index (χ0n) is 29.3. The quantitative estimate of drug-likeness (QED) is 0.0681. The van der Waals surface area contributed by atoms with Crippen LogP contribution >= 0.6 is 0 Å². The van der Waals surface area contributed by atoms with Gasteiger partial charge < -0.3 is 18.8 Å². The molecule has 2 aromatic heterocycles. The number of hydrogen-bond donors (Lipinski definition) is 1. The summed E-state index contributed by atoms with van der Waals surface area (Å²) in [6.07, 6.45) is -0.145. The molecule has 1 atom stereocenters. The Hall–Kier alpha value is -6.42. The van der Waals surface area contributed by atoms with Crippen molar-refractivity contribution < 1.29 is 37.1 Å². The summed E-state index contributed by atoms with van der Waals surface area (Å²) >= 11 is 0. The second-order valence-corrected chi connectivity index (χ2v) is 14.5. The number of pyridine rings is 2. The fourth-order valence-electron chi connectivity index (χ4n) is 6.68. The fraction of sp³-hybridized carbons (Fsp3) is 0.237. The van der Waals surface area contributed by atoms with Crippen LogP contribution in [0, 0.1) is 17.0 Å². The van der Waals surface area contributed by atoms with Gasteiger partial charge in [0.1, 0.15) is 30.3 Å². The molecule has 0 saturated heterocycles. The number of hydrogen-bond acceptors (Lipinski definition) is 12. The van der Waals surface area contributed by atoms with Crippen molar-refractivity contribution in [3.8, 4) is 17.1 Å². The van der Waals surface area contributed by atoms with E-state index in [-0.39, 0.29) is 59.1 Å². The number of carbonyl (C=O) groups is 2. The molecule has 0 saturated carbocycles. The van der Waals surface area contributed by atoms with Crippen LogP contribution in [0.4, 0.5) is 5.69 Å². The number of esters is 2. The average molecular weight is 752 g/mol. The molecular weight excluding hydrogens is 719 g/mol. The molecule has 2 aliphatic rings. The number of aliphatic imine (C=N–C) groups is 1. The van der Waals surface area contributed by atoms with Crippen LogP contribution in [0.25, 0.3) is 22.3 Å². The highest BCUT2D eigenvalue weighted by Crippen LogP contribution is 2.41. The summed E-state index contributed by atoms with van der Waals surface area (Å²) in [5.41, 5.74) is 0.355. The van der Waals surface area contributed by atoms with Gasteiger partial charge in [0.2, 0.25) is 5.60 Å². The predicted octanol–water partition coefficient (Wildman–Crippen LogP) is 4.48. The van der Waals surface area contributed by atoms with Gasteiger partial charge in [0.05, 0.1) is 40.4 Å². The van der Waals surface area contributed by atoms with Crippen molar-refractivity contribution in [1.29, 1.82) is 0 Å². The summed E-state index contributed by atoms with van der Waals surface area (Å²) in [6.45, 7) is 2.47. The van der Waals surface area contributed by atoms with Gasteiger partial charge in [-0.1, -0.05) is 48.9 Å². The first-order valence-corrected chi connectivity index (χ1v) is 18.3. The number of carbonyl (C=O) groups excluding carboxylic acids is 2. The van der Waals surface area contributed by atoms with E-state index >= 15 is 0 Å². The van der Waals surface area contributed by atoms with E-state index in [0.29, 0.717) is 33.7 Å². The smallest absolute Gasteiger partial charge is 0.355 e. The minimum Gasteiger partial charge on any atom is -0.497 e. The summed E-state index contributed by atoms with van der Waals surface area (Å²) in [7, 11) is -2.60. The normalized spacial score (nSPS) is 16.2. The Balaban J connectivity index is 1.23. The molecule has 0 spiro atoms. The molecular formula is C38H33N5O10S. The number of cyclic esters (lactones) is 1. The van der Waals surface area contributed by atoms with Crippen LogP contribution in [0.2, 0.25) is 0 Å². The summed E-state index contributed by atoms with van der Waals surface area (Å²) in [5, 5.41) is 12.3.